The Morgan fingerprint density at radius 1 is 1.22 bits per heavy atom. The van der Waals surface area contributed by atoms with Gasteiger partial charge in [0.1, 0.15) is 5.82 Å². The zero-order chi connectivity index (χ0) is 13.1. The van der Waals surface area contributed by atoms with E-state index in [-0.39, 0.29) is 5.82 Å². The van der Waals surface area contributed by atoms with Gasteiger partial charge in [0.2, 0.25) is 0 Å². The predicted octanol–water partition coefficient (Wildman–Crippen LogP) is 2.87. The van der Waals surface area contributed by atoms with Gasteiger partial charge in [-0.25, -0.2) is 4.39 Å². The van der Waals surface area contributed by atoms with Crippen LogP contribution in [0, 0.1) is 5.82 Å². The van der Waals surface area contributed by atoms with Crippen LogP contribution in [0.15, 0.2) is 24.3 Å². The van der Waals surface area contributed by atoms with Crippen LogP contribution in [0.5, 0.6) is 0 Å². The van der Waals surface area contributed by atoms with Gasteiger partial charge in [0.05, 0.1) is 12.2 Å². The van der Waals surface area contributed by atoms with E-state index < -0.39 is 0 Å². The fraction of sp³-hybridized carbons (Fsp3) is 0.600. The molecule has 1 heterocycles. The first-order chi connectivity index (χ1) is 8.54. The van der Waals surface area contributed by atoms with Gasteiger partial charge in [-0.1, -0.05) is 12.1 Å². The van der Waals surface area contributed by atoms with Gasteiger partial charge < -0.3 is 4.74 Å². The maximum Gasteiger partial charge on any atom is 0.123 e. The second kappa shape index (κ2) is 5.81. The van der Waals surface area contributed by atoms with Crippen LogP contribution in [-0.4, -0.2) is 36.2 Å². The minimum atomic E-state index is -0.167. The number of halogens is 1. The van der Waals surface area contributed by atoms with Gasteiger partial charge in [0.15, 0.2) is 0 Å². The van der Waals surface area contributed by atoms with Crippen LogP contribution in [0.2, 0.25) is 0 Å². The Bertz CT molecular complexity index is 369. The highest BCUT2D eigenvalue weighted by atomic mass is 19.1. The predicted molar refractivity (Wildman–Crippen MR) is 71.1 cm³/mol. The van der Waals surface area contributed by atoms with Crippen LogP contribution in [0.4, 0.5) is 4.39 Å². The molecule has 0 aliphatic carbocycles. The second-order valence-corrected chi connectivity index (χ2v) is 5.39. The smallest absolute Gasteiger partial charge is 0.123 e. The molecule has 0 spiro atoms. The van der Waals surface area contributed by atoms with Crippen molar-refractivity contribution in [3.63, 3.8) is 0 Å². The summed E-state index contributed by atoms with van der Waals surface area (Å²) in [5.41, 5.74) is 1.19. The van der Waals surface area contributed by atoms with Gasteiger partial charge in [-0.3, -0.25) is 4.90 Å². The third-order valence-electron chi connectivity index (χ3n) is 3.52. The minimum absolute atomic E-state index is 0.167. The molecule has 1 aromatic carbocycles. The number of hydrogen-bond donors (Lipinski definition) is 0. The molecular formula is C15H22FNO. The first-order valence-electron chi connectivity index (χ1n) is 6.68. The van der Waals surface area contributed by atoms with Crippen LogP contribution in [0.25, 0.3) is 0 Å². The molecule has 100 valence electrons. The largest absolute Gasteiger partial charge is 0.373 e. The van der Waals surface area contributed by atoms with E-state index in [1.54, 1.807) is 0 Å². The zero-order valence-electron chi connectivity index (χ0n) is 11.4. The average Bonchev–Trinajstić information content (AvgIpc) is 2.31. The molecule has 0 radical (unpaired) electrons. The van der Waals surface area contributed by atoms with E-state index in [1.807, 2.05) is 12.1 Å². The van der Waals surface area contributed by atoms with Crippen LogP contribution < -0.4 is 0 Å². The molecule has 2 nitrogen and oxygen atoms in total. The Morgan fingerprint density at radius 2 is 1.78 bits per heavy atom. The van der Waals surface area contributed by atoms with Crippen molar-refractivity contribution in [1.29, 1.82) is 0 Å². The van der Waals surface area contributed by atoms with Crippen molar-refractivity contribution in [1.82, 2.24) is 4.90 Å². The maximum atomic E-state index is 12.9. The quantitative estimate of drug-likeness (QED) is 0.819. The standard InChI is InChI=1S/C15H22FNO/c1-11(8-14-4-6-15(16)7-5-14)17-9-12(2)18-13(3)10-17/h4-7,11-13H,8-10H2,1-3H3/t11-,12-,13+/m1/s1. The number of rotatable bonds is 3. The van der Waals surface area contributed by atoms with Crippen molar-refractivity contribution in [2.45, 2.75) is 45.4 Å². The Morgan fingerprint density at radius 3 is 2.33 bits per heavy atom. The van der Waals surface area contributed by atoms with E-state index in [1.165, 1.54) is 17.7 Å². The fourth-order valence-electron chi connectivity index (χ4n) is 2.67. The molecule has 0 saturated carbocycles. The summed E-state index contributed by atoms with van der Waals surface area (Å²) in [6.07, 6.45) is 1.55. The van der Waals surface area contributed by atoms with Gasteiger partial charge in [-0.15, -0.1) is 0 Å². The highest BCUT2D eigenvalue weighted by molar-refractivity contribution is 5.17. The molecule has 0 N–H and O–H groups in total. The molecule has 2 rings (SSSR count). The number of hydrogen-bond acceptors (Lipinski definition) is 2. The second-order valence-electron chi connectivity index (χ2n) is 5.39. The van der Waals surface area contributed by atoms with Gasteiger partial charge in [0, 0.05) is 19.1 Å². The Kier molecular flexibility index (Phi) is 4.36. The van der Waals surface area contributed by atoms with Crippen molar-refractivity contribution in [2.24, 2.45) is 0 Å². The Balaban J connectivity index is 1.94. The van der Waals surface area contributed by atoms with Crippen molar-refractivity contribution < 1.29 is 9.13 Å². The van der Waals surface area contributed by atoms with Gasteiger partial charge >= 0.3 is 0 Å². The van der Waals surface area contributed by atoms with Gasteiger partial charge in [-0.2, -0.15) is 0 Å². The molecule has 0 aromatic heterocycles. The number of ether oxygens (including phenoxy) is 1. The lowest BCUT2D eigenvalue weighted by atomic mass is 10.0. The van der Waals surface area contributed by atoms with Crippen LogP contribution in [-0.2, 0) is 11.2 Å². The maximum absolute atomic E-state index is 12.9. The van der Waals surface area contributed by atoms with Crippen molar-refractivity contribution in [3.05, 3.63) is 35.6 Å². The van der Waals surface area contributed by atoms with Crippen LogP contribution in [0.3, 0.4) is 0 Å². The summed E-state index contributed by atoms with van der Waals surface area (Å²) in [5.74, 6) is -0.167. The van der Waals surface area contributed by atoms with Crippen LogP contribution >= 0.6 is 0 Å². The average molecular weight is 251 g/mol. The molecule has 18 heavy (non-hydrogen) atoms. The van der Waals surface area contributed by atoms with E-state index in [2.05, 4.69) is 25.7 Å². The van der Waals surface area contributed by atoms with Crippen LogP contribution in [0.1, 0.15) is 26.3 Å². The summed E-state index contributed by atoms with van der Waals surface area (Å²) in [7, 11) is 0. The van der Waals surface area contributed by atoms with Crippen molar-refractivity contribution >= 4 is 0 Å². The van der Waals surface area contributed by atoms with E-state index in [0.717, 1.165) is 19.5 Å². The van der Waals surface area contributed by atoms with E-state index in [0.29, 0.717) is 18.2 Å². The first kappa shape index (κ1) is 13.5. The lowest BCUT2D eigenvalue weighted by Gasteiger charge is -2.39. The normalized spacial score (nSPS) is 27.1. The summed E-state index contributed by atoms with van der Waals surface area (Å²) in [5, 5.41) is 0. The van der Waals surface area contributed by atoms with E-state index in [4.69, 9.17) is 4.74 Å². The van der Waals surface area contributed by atoms with Gasteiger partial charge in [0.25, 0.3) is 0 Å². The molecule has 0 amide bonds. The van der Waals surface area contributed by atoms with E-state index in [9.17, 15) is 4.39 Å². The zero-order valence-corrected chi connectivity index (χ0v) is 11.4. The Hall–Kier alpha value is -0.930. The first-order valence-corrected chi connectivity index (χ1v) is 6.68. The number of morpholine rings is 1. The SMILES string of the molecule is C[C@@H]1CN([C@H](C)Cc2ccc(F)cc2)C[C@H](C)O1. The fourth-order valence-corrected chi connectivity index (χ4v) is 2.67. The summed E-state index contributed by atoms with van der Waals surface area (Å²) in [6.45, 7) is 8.42. The monoisotopic (exact) mass is 251 g/mol. The molecule has 1 fully saturated rings. The summed E-state index contributed by atoms with van der Waals surface area (Å²) in [4.78, 5) is 2.46. The lowest BCUT2D eigenvalue weighted by Crippen LogP contribution is -2.49. The molecule has 1 aliphatic rings. The third-order valence-corrected chi connectivity index (χ3v) is 3.52. The lowest BCUT2D eigenvalue weighted by molar-refractivity contribution is -0.0782. The summed E-state index contributed by atoms with van der Waals surface area (Å²) < 4.78 is 18.6. The number of nitrogens with zero attached hydrogens (tertiary/aromatic N) is 1. The summed E-state index contributed by atoms with van der Waals surface area (Å²) in [6, 6.07) is 7.28. The molecule has 1 aliphatic heterocycles. The summed E-state index contributed by atoms with van der Waals surface area (Å²) >= 11 is 0. The molecule has 0 unspecified atom stereocenters. The van der Waals surface area contributed by atoms with Gasteiger partial charge in [-0.05, 0) is 44.9 Å². The highest BCUT2D eigenvalue weighted by Crippen LogP contribution is 2.16. The molecular weight excluding hydrogens is 229 g/mol. The molecule has 1 saturated heterocycles. The molecule has 3 atom stereocenters. The topological polar surface area (TPSA) is 12.5 Å². The number of benzene rings is 1. The van der Waals surface area contributed by atoms with Crippen molar-refractivity contribution in [3.8, 4) is 0 Å². The Labute approximate surface area is 109 Å². The molecule has 0 bridgehead atoms. The molecule has 3 heteroatoms. The van der Waals surface area contributed by atoms with E-state index >= 15 is 0 Å². The third kappa shape index (κ3) is 3.53. The van der Waals surface area contributed by atoms with Crippen molar-refractivity contribution in [2.75, 3.05) is 13.1 Å². The molecule has 1 aromatic rings. The minimum Gasteiger partial charge on any atom is -0.373 e. The highest BCUT2D eigenvalue weighted by Gasteiger charge is 2.25.